The molecule has 1 fully saturated rings. The van der Waals surface area contributed by atoms with Crippen molar-refractivity contribution < 1.29 is 9.47 Å². The van der Waals surface area contributed by atoms with E-state index in [0.717, 1.165) is 43.5 Å². The predicted octanol–water partition coefficient (Wildman–Crippen LogP) is 1.35. The van der Waals surface area contributed by atoms with E-state index < -0.39 is 0 Å². The van der Waals surface area contributed by atoms with Crippen molar-refractivity contribution in [3.05, 3.63) is 48.0 Å². The Balaban J connectivity index is 1.55. The average molecular weight is 298 g/mol. The van der Waals surface area contributed by atoms with Gasteiger partial charge in [-0.3, -0.25) is 4.90 Å². The van der Waals surface area contributed by atoms with Crippen LogP contribution in [0, 0.1) is 0 Å². The van der Waals surface area contributed by atoms with Crippen molar-refractivity contribution in [3.63, 3.8) is 0 Å². The van der Waals surface area contributed by atoms with Crippen LogP contribution in [-0.2, 0) is 6.54 Å². The molecule has 6 nitrogen and oxygen atoms in total. The molecule has 3 heterocycles. The van der Waals surface area contributed by atoms with Crippen LogP contribution < -0.4 is 14.8 Å². The van der Waals surface area contributed by atoms with Crippen molar-refractivity contribution in [2.75, 3.05) is 26.4 Å². The first-order chi connectivity index (χ1) is 10.9. The molecule has 6 heteroatoms. The van der Waals surface area contributed by atoms with Crippen molar-refractivity contribution in [1.29, 1.82) is 0 Å². The van der Waals surface area contributed by atoms with Crippen LogP contribution in [0.1, 0.15) is 17.4 Å². The topological polar surface area (TPSA) is 59.5 Å². The summed E-state index contributed by atoms with van der Waals surface area (Å²) in [6.07, 6.45) is 3.60. The molecule has 1 saturated heterocycles. The van der Waals surface area contributed by atoms with Gasteiger partial charge in [0.1, 0.15) is 5.82 Å². The Hall–Kier alpha value is -2.18. The zero-order chi connectivity index (χ0) is 14.8. The van der Waals surface area contributed by atoms with Crippen molar-refractivity contribution in [2.24, 2.45) is 0 Å². The van der Waals surface area contributed by atoms with Gasteiger partial charge in [-0.2, -0.15) is 0 Å². The molecule has 0 amide bonds. The summed E-state index contributed by atoms with van der Waals surface area (Å²) in [6.45, 7) is 3.98. The molecule has 1 N–H and O–H groups in total. The van der Waals surface area contributed by atoms with Crippen molar-refractivity contribution in [3.8, 4) is 11.5 Å². The van der Waals surface area contributed by atoms with Crippen LogP contribution in [-0.4, -0.2) is 41.3 Å². The minimum absolute atomic E-state index is 0.195. The normalized spacial score (nSPS) is 21.0. The van der Waals surface area contributed by atoms with Crippen LogP contribution >= 0.6 is 0 Å². The Bertz CT molecular complexity index is 650. The number of piperazine rings is 1. The SMILES string of the molecule is c1cnc(C2CNCCN2Cc2ccc3c(c2)OCO3)nc1. The van der Waals surface area contributed by atoms with Gasteiger partial charge in [0.05, 0.1) is 6.04 Å². The van der Waals surface area contributed by atoms with E-state index in [9.17, 15) is 0 Å². The number of aromatic nitrogens is 2. The maximum absolute atomic E-state index is 5.46. The zero-order valence-corrected chi connectivity index (χ0v) is 12.2. The Morgan fingerprint density at radius 2 is 2.05 bits per heavy atom. The van der Waals surface area contributed by atoms with Gasteiger partial charge >= 0.3 is 0 Å². The Kier molecular flexibility index (Phi) is 3.62. The number of hydrogen-bond donors (Lipinski definition) is 1. The van der Waals surface area contributed by atoms with Gasteiger partial charge in [0.15, 0.2) is 11.5 Å². The molecule has 1 aromatic carbocycles. The lowest BCUT2D eigenvalue weighted by atomic mass is 10.1. The van der Waals surface area contributed by atoms with Gasteiger partial charge in [-0.1, -0.05) is 6.07 Å². The van der Waals surface area contributed by atoms with Crippen LogP contribution in [0.5, 0.6) is 11.5 Å². The summed E-state index contributed by atoms with van der Waals surface area (Å²) in [6, 6.07) is 8.18. The molecule has 0 radical (unpaired) electrons. The van der Waals surface area contributed by atoms with Gasteiger partial charge < -0.3 is 14.8 Å². The van der Waals surface area contributed by atoms with Crippen LogP contribution in [0.4, 0.5) is 0 Å². The second-order valence-electron chi connectivity index (χ2n) is 5.49. The van der Waals surface area contributed by atoms with Gasteiger partial charge in [-0.25, -0.2) is 9.97 Å². The first-order valence-electron chi connectivity index (χ1n) is 7.50. The quantitative estimate of drug-likeness (QED) is 0.923. The molecule has 0 aliphatic carbocycles. The fourth-order valence-corrected chi connectivity index (χ4v) is 2.95. The van der Waals surface area contributed by atoms with Crippen LogP contribution in [0.15, 0.2) is 36.7 Å². The van der Waals surface area contributed by atoms with E-state index >= 15 is 0 Å². The molecule has 2 aliphatic heterocycles. The smallest absolute Gasteiger partial charge is 0.231 e. The van der Waals surface area contributed by atoms with Gasteiger partial charge in [0.2, 0.25) is 6.79 Å². The molecule has 2 aromatic rings. The molecular formula is C16H18N4O2. The van der Waals surface area contributed by atoms with E-state index in [1.165, 1.54) is 5.56 Å². The van der Waals surface area contributed by atoms with Crippen molar-refractivity contribution >= 4 is 0 Å². The van der Waals surface area contributed by atoms with Crippen molar-refractivity contribution in [2.45, 2.75) is 12.6 Å². The average Bonchev–Trinajstić information content (AvgIpc) is 3.04. The van der Waals surface area contributed by atoms with Gasteiger partial charge in [0, 0.05) is 38.6 Å². The lowest BCUT2D eigenvalue weighted by Crippen LogP contribution is -2.46. The van der Waals surface area contributed by atoms with Gasteiger partial charge in [-0.05, 0) is 23.8 Å². The summed E-state index contributed by atoms with van der Waals surface area (Å²) in [5, 5.41) is 3.42. The maximum atomic E-state index is 5.46. The minimum atomic E-state index is 0.195. The number of ether oxygens (including phenoxy) is 2. The standard InChI is InChI=1S/C16H18N4O2/c1-4-18-16(19-5-1)13-9-17-6-7-20(13)10-12-2-3-14-15(8-12)22-11-21-14/h1-5,8,13,17H,6-7,9-11H2. The summed E-state index contributed by atoms with van der Waals surface area (Å²) in [7, 11) is 0. The van der Waals surface area contributed by atoms with Crippen LogP contribution in [0.25, 0.3) is 0 Å². The number of rotatable bonds is 3. The predicted molar refractivity (Wildman–Crippen MR) is 80.6 cm³/mol. The van der Waals surface area contributed by atoms with E-state index in [1.54, 1.807) is 12.4 Å². The molecular weight excluding hydrogens is 280 g/mol. The number of nitrogens with one attached hydrogen (secondary N) is 1. The summed E-state index contributed by atoms with van der Waals surface area (Å²) in [5.74, 6) is 2.53. The van der Waals surface area contributed by atoms with E-state index in [4.69, 9.17) is 9.47 Å². The van der Waals surface area contributed by atoms with E-state index in [-0.39, 0.29) is 6.04 Å². The van der Waals surface area contributed by atoms with Crippen LogP contribution in [0.3, 0.4) is 0 Å². The van der Waals surface area contributed by atoms with Gasteiger partial charge in [0.25, 0.3) is 0 Å². The van der Waals surface area contributed by atoms with Crippen molar-refractivity contribution in [1.82, 2.24) is 20.2 Å². The molecule has 1 aromatic heterocycles. The fourth-order valence-electron chi connectivity index (χ4n) is 2.95. The van der Waals surface area contributed by atoms with Gasteiger partial charge in [-0.15, -0.1) is 0 Å². The molecule has 114 valence electrons. The molecule has 2 aliphatic rings. The molecule has 0 spiro atoms. The maximum Gasteiger partial charge on any atom is 0.231 e. The first-order valence-corrected chi connectivity index (χ1v) is 7.50. The highest BCUT2D eigenvalue weighted by Gasteiger charge is 2.26. The lowest BCUT2D eigenvalue weighted by Gasteiger charge is -2.35. The Morgan fingerprint density at radius 1 is 1.18 bits per heavy atom. The molecule has 4 rings (SSSR count). The van der Waals surface area contributed by atoms with Crippen LogP contribution in [0.2, 0.25) is 0 Å². The zero-order valence-electron chi connectivity index (χ0n) is 12.2. The highest BCUT2D eigenvalue weighted by Crippen LogP contribution is 2.33. The number of fused-ring (bicyclic) bond motifs is 1. The second kappa shape index (κ2) is 5.90. The number of benzene rings is 1. The third kappa shape index (κ3) is 2.63. The van der Waals surface area contributed by atoms with E-state index in [1.807, 2.05) is 12.1 Å². The minimum Gasteiger partial charge on any atom is -0.454 e. The number of hydrogen-bond acceptors (Lipinski definition) is 6. The molecule has 22 heavy (non-hydrogen) atoms. The Morgan fingerprint density at radius 3 is 2.95 bits per heavy atom. The summed E-state index contributed by atoms with van der Waals surface area (Å²) < 4.78 is 10.8. The lowest BCUT2D eigenvalue weighted by molar-refractivity contribution is 0.146. The summed E-state index contributed by atoms with van der Waals surface area (Å²) in [4.78, 5) is 11.2. The summed E-state index contributed by atoms with van der Waals surface area (Å²) >= 11 is 0. The Labute approximate surface area is 129 Å². The molecule has 1 unspecified atom stereocenters. The monoisotopic (exact) mass is 298 g/mol. The first kappa shape index (κ1) is 13.5. The highest BCUT2D eigenvalue weighted by molar-refractivity contribution is 5.44. The number of nitrogens with zero attached hydrogens (tertiary/aromatic N) is 3. The molecule has 0 saturated carbocycles. The summed E-state index contributed by atoms with van der Waals surface area (Å²) in [5.41, 5.74) is 1.21. The largest absolute Gasteiger partial charge is 0.454 e. The van der Waals surface area contributed by atoms with E-state index in [0.29, 0.717) is 6.79 Å². The third-order valence-corrected chi connectivity index (χ3v) is 4.06. The molecule has 1 atom stereocenters. The second-order valence-corrected chi connectivity index (χ2v) is 5.49. The van der Waals surface area contributed by atoms with E-state index in [2.05, 4.69) is 32.3 Å². The highest BCUT2D eigenvalue weighted by atomic mass is 16.7. The third-order valence-electron chi connectivity index (χ3n) is 4.06. The fraction of sp³-hybridized carbons (Fsp3) is 0.375. The molecule has 0 bridgehead atoms.